The summed E-state index contributed by atoms with van der Waals surface area (Å²) in [5.41, 5.74) is 0. The highest BCUT2D eigenvalue weighted by molar-refractivity contribution is 7.85. The van der Waals surface area contributed by atoms with E-state index in [0.717, 1.165) is 18.6 Å². The van der Waals surface area contributed by atoms with E-state index >= 15 is 0 Å². The maximum Gasteiger partial charge on any atom is 0.264 e. The molecule has 0 aromatic heterocycles. The summed E-state index contributed by atoms with van der Waals surface area (Å²) in [5.74, 6) is 2.08. The molecule has 2 bridgehead atoms. The molecule has 3 atom stereocenters. The Kier molecular flexibility index (Phi) is 2.66. The maximum atomic E-state index is 10.7. The molecule has 0 aliphatic heterocycles. The molecular formula is C10H16O3S. The van der Waals surface area contributed by atoms with Gasteiger partial charge in [0, 0.05) is 0 Å². The van der Waals surface area contributed by atoms with Crippen LogP contribution in [0, 0.1) is 17.8 Å². The average molecular weight is 216 g/mol. The van der Waals surface area contributed by atoms with Gasteiger partial charge in [-0.05, 0) is 37.0 Å². The Balaban J connectivity index is 1.75. The van der Waals surface area contributed by atoms with Gasteiger partial charge in [-0.2, -0.15) is 8.42 Å². The highest BCUT2D eigenvalue weighted by Crippen LogP contribution is 2.44. The summed E-state index contributed by atoms with van der Waals surface area (Å²) in [6.45, 7) is 0.348. The lowest BCUT2D eigenvalue weighted by Gasteiger charge is -2.16. The fraction of sp³-hybridized carbons (Fsp3) is 0.800. The van der Waals surface area contributed by atoms with Crippen LogP contribution in [-0.2, 0) is 14.3 Å². The van der Waals surface area contributed by atoms with Gasteiger partial charge >= 0.3 is 0 Å². The first-order valence-corrected chi connectivity index (χ1v) is 6.89. The van der Waals surface area contributed by atoms with E-state index in [1.54, 1.807) is 0 Å². The van der Waals surface area contributed by atoms with Crippen LogP contribution in [-0.4, -0.2) is 21.3 Å². The minimum Gasteiger partial charge on any atom is -0.270 e. The zero-order chi connectivity index (χ0) is 10.2. The van der Waals surface area contributed by atoms with Crippen LogP contribution in [0.3, 0.4) is 0 Å². The van der Waals surface area contributed by atoms with Crippen LogP contribution in [0.25, 0.3) is 0 Å². The van der Waals surface area contributed by atoms with Crippen molar-refractivity contribution in [2.45, 2.75) is 19.3 Å². The molecule has 3 nitrogen and oxygen atoms in total. The van der Waals surface area contributed by atoms with E-state index in [0.29, 0.717) is 18.4 Å². The van der Waals surface area contributed by atoms with Gasteiger partial charge in [-0.25, -0.2) is 0 Å². The molecule has 2 rings (SSSR count). The van der Waals surface area contributed by atoms with Crippen molar-refractivity contribution < 1.29 is 12.6 Å². The van der Waals surface area contributed by atoms with Crippen LogP contribution in [0.15, 0.2) is 12.2 Å². The van der Waals surface area contributed by atoms with Crippen molar-refractivity contribution in [3.8, 4) is 0 Å². The second kappa shape index (κ2) is 3.66. The fourth-order valence-corrected chi connectivity index (χ4v) is 2.98. The zero-order valence-electron chi connectivity index (χ0n) is 8.35. The summed E-state index contributed by atoms with van der Waals surface area (Å²) >= 11 is 0. The van der Waals surface area contributed by atoms with E-state index in [1.165, 1.54) is 12.8 Å². The van der Waals surface area contributed by atoms with E-state index in [4.69, 9.17) is 4.18 Å². The summed E-state index contributed by atoms with van der Waals surface area (Å²) < 4.78 is 26.2. The molecule has 0 spiro atoms. The monoisotopic (exact) mass is 216 g/mol. The minimum atomic E-state index is -3.25. The molecule has 0 radical (unpaired) electrons. The normalized spacial score (nSPS) is 35.4. The van der Waals surface area contributed by atoms with Crippen molar-refractivity contribution in [1.82, 2.24) is 0 Å². The highest BCUT2D eigenvalue weighted by Gasteiger charge is 2.35. The van der Waals surface area contributed by atoms with Crippen LogP contribution < -0.4 is 0 Å². The number of rotatable bonds is 4. The van der Waals surface area contributed by atoms with Gasteiger partial charge in [0.05, 0.1) is 12.9 Å². The third kappa shape index (κ3) is 2.36. The molecule has 0 saturated heterocycles. The predicted molar refractivity (Wildman–Crippen MR) is 54.3 cm³/mol. The molecule has 0 aromatic carbocycles. The number of hydrogen-bond donors (Lipinski definition) is 0. The molecule has 0 heterocycles. The molecule has 1 fully saturated rings. The van der Waals surface area contributed by atoms with Crippen LogP contribution in [0.4, 0.5) is 0 Å². The Bertz CT molecular complexity index is 331. The molecule has 3 unspecified atom stereocenters. The third-order valence-electron chi connectivity index (χ3n) is 3.20. The minimum absolute atomic E-state index is 0.348. The van der Waals surface area contributed by atoms with Crippen molar-refractivity contribution in [3.63, 3.8) is 0 Å². The Morgan fingerprint density at radius 1 is 1.36 bits per heavy atom. The van der Waals surface area contributed by atoms with Crippen molar-refractivity contribution in [3.05, 3.63) is 12.2 Å². The zero-order valence-corrected chi connectivity index (χ0v) is 9.16. The Labute approximate surface area is 85.3 Å². The van der Waals surface area contributed by atoms with E-state index in [2.05, 4.69) is 12.2 Å². The van der Waals surface area contributed by atoms with Gasteiger partial charge in [-0.15, -0.1) is 0 Å². The van der Waals surface area contributed by atoms with E-state index in [-0.39, 0.29) is 0 Å². The molecule has 0 aromatic rings. The molecule has 1 saturated carbocycles. The number of hydrogen-bond acceptors (Lipinski definition) is 3. The van der Waals surface area contributed by atoms with Crippen LogP contribution in [0.5, 0.6) is 0 Å². The summed E-state index contributed by atoms with van der Waals surface area (Å²) in [6.07, 6.45) is 9.03. The fourth-order valence-electron chi connectivity index (χ4n) is 2.58. The molecule has 0 amide bonds. The molecule has 4 heteroatoms. The topological polar surface area (TPSA) is 43.4 Å². The molecule has 80 valence electrons. The Morgan fingerprint density at radius 3 is 2.64 bits per heavy atom. The van der Waals surface area contributed by atoms with Crippen molar-refractivity contribution in [2.24, 2.45) is 17.8 Å². The molecule has 2 aliphatic rings. The van der Waals surface area contributed by atoms with Gasteiger partial charge < -0.3 is 0 Å². The second-order valence-corrected chi connectivity index (χ2v) is 6.00. The highest BCUT2D eigenvalue weighted by atomic mass is 32.2. The average Bonchev–Trinajstić information content (AvgIpc) is 2.62. The maximum absolute atomic E-state index is 10.7. The quantitative estimate of drug-likeness (QED) is 0.529. The molecule has 14 heavy (non-hydrogen) atoms. The van der Waals surface area contributed by atoms with Crippen molar-refractivity contribution in [2.75, 3.05) is 12.9 Å². The Morgan fingerprint density at radius 2 is 2.14 bits per heavy atom. The molecular weight excluding hydrogens is 200 g/mol. The third-order valence-corrected chi connectivity index (χ3v) is 3.80. The standard InChI is InChI=1S/C10H16O3S/c1-14(11,12)13-5-4-10-7-8-2-3-9(10)6-8/h2-3,8-10H,4-7H2,1H3. The van der Waals surface area contributed by atoms with Gasteiger partial charge in [0.25, 0.3) is 10.1 Å². The van der Waals surface area contributed by atoms with Crippen LogP contribution >= 0.6 is 0 Å². The van der Waals surface area contributed by atoms with E-state index < -0.39 is 10.1 Å². The lowest BCUT2D eigenvalue weighted by molar-refractivity contribution is 0.269. The van der Waals surface area contributed by atoms with E-state index in [1.807, 2.05) is 0 Å². The summed E-state index contributed by atoms with van der Waals surface area (Å²) in [7, 11) is -3.25. The molecule has 0 N–H and O–H groups in total. The Hall–Kier alpha value is -0.350. The lowest BCUT2D eigenvalue weighted by atomic mass is 9.91. The first-order chi connectivity index (χ1) is 6.54. The summed E-state index contributed by atoms with van der Waals surface area (Å²) in [4.78, 5) is 0. The first-order valence-electron chi connectivity index (χ1n) is 5.07. The first kappa shape index (κ1) is 10.2. The van der Waals surface area contributed by atoms with Gasteiger partial charge in [0.1, 0.15) is 0 Å². The van der Waals surface area contributed by atoms with E-state index in [9.17, 15) is 8.42 Å². The molecule has 2 aliphatic carbocycles. The smallest absolute Gasteiger partial charge is 0.264 e. The van der Waals surface area contributed by atoms with Crippen LogP contribution in [0.1, 0.15) is 19.3 Å². The van der Waals surface area contributed by atoms with Gasteiger partial charge in [-0.1, -0.05) is 12.2 Å². The number of allylic oxidation sites excluding steroid dienone is 2. The van der Waals surface area contributed by atoms with Gasteiger partial charge in [-0.3, -0.25) is 4.18 Å². The summed E-state index contributed by atoms with van der Waals surface area (Å²) in [5, 5.41) is 0. The SMILES string of the molecule is CS(=O)(=O)OCCC1CC2C=CC1C2. The van der Waals surface area contributed by atoms with Crippen molar-refractivity contribution >= 4 is 10.1 Å². The van der Waals surface area contributed by atoms with Crippen molar-refractivity contribution in [1.29, 1.82) is 0 Å². The lowest BCUT2D eigenvalue weighted by Crippen LogP contribution is -2.12. The van der Waals surface area contributed by atoms with Gasteiger partial charge in [0.2, 0.25) is 0 Å². The summed E-state index contributed by atoms with van der Waals surface area (Å²) in [6, 6.07) is 0. The number of fused-ring (bicyclic) bond motifs is 2. The predicted octanol–water partition coefficient (Wildman–Crippen LogP) is 1.56. The second-order valence-electron chi connectivity index (χ2n) is 4.36. The van der Waals surface area contributed by atoms with Gasteiger partial charge in [0.15, 0.2) is 0 Å². The van der Waals surface area contributed by atoms with Crippen LogP contribution in [0.2, 0.25) is 0 Å². The largest absolute Gasteiger partial charge is 0.270 e.